The van der Waals surface area contributed by atoms with Crippen LogP contribution in [0.2, 0.25) is 0 Å². The van der Waals surface area contributed by atoms with Gasteiger partial charge in [-0.1, -0.05) is 0 Å². The average Bonchev–Trinajstić information content (AvgIpc) is 1.84. The highest BCUT2D eigenvalue weighted by molar-refractivity contribution is 5.84. The molecule has 0 aromatic heterocycles. The molecule has 0 aromatic carbocycles. The maximum Gasteiger partial charge on any atom is 0.450 e. The first-order valence-corrected chi connectivity index (χ1v) is 2.85. The van der Waals surface area contributed by atoms with E-state index in [1.165, 1.54) is 0 Å². The zero-order chi connectivity index (χ0) is 11.1. The van der Waals surface area contributed by atoms with Crippen molar-refractivity contribution in [2.24, 2.45) is 0 Å². The Morgan fingerprint density at radius 3 is 1.46 bits per heavy atom. The molecule has 3 nitrogen and oxygen atoms in total. The molecule has 0 atom stereocenters. The van der Waals surface area contributed by atoms with Gasteiger partial charge < -0.3 is 10.2 Å². The summed E-state index contributed by atoms with van der Waals surface area (Å²) in [4.78, 5) is 9.99. The van der Waals surface area contributed by atoms with E-state index < -0.39 is 23.7 Å². The topological polar surface area (TPSA) is 57.5 Å². The van der Waals surface area contributed by atoms with Gasteiger partial charge in [-0.15, -0.1) is 0 Å². The lowest BCUT2D eigenvalue weighted by Crippen LogP contribution is -2.61. The molecule has 0 saturated heterocycles. The lowest BCUT2D eigenvalue weighted by molar-refractivity contribution is -0.404. The van der Waals surface area contributed by atoms with Gasteiger partial charge in [0.15, 0.2) is 0 Å². The lowest BCUT2D eigenvalue weighted by atomic mass is 10.1. The van der Waals surface area contributed by atoms with E-state index >= 15 is 0 Å². The molecule has 2 N–H and O–H groups in total. The summed E-state index contributed by atoms with van der Waals surface area (Å²) >= 11 is 0. The van der Waals surface area contributed by atoms with Gasteiger partial charge in [0, 0.05) is 6.92 Å². The van der Waals surface area contributed by atoms with Crippen LogP contribution < -0.4 is 0 Å². The Morgan fingerprint density at radius 2 is 1.38 bits per heavy atom. The van der Waals surface area contributed by atoms with E-state index in [2.05, 4.69) is 0 Å². The third-order valence-electron chi connectivity index (χ3n) is 1.28. The van der Waals surface area contributed by atoms with Crippen LogP contribution in [-0.2, 0) is 4.79 Å². The van der Waals surface area contributed by atoms with Crippen molar-refractivity contribution < 1.29 is 37.0 Å². The van der Waals surface area contributed by atoms with Gasteiger partial charge in [-0.25, -0.2) is 0 Å². The number of aliphatic hydroxyl groups is 2. The molecule has 0 aliphatic rings. The Morgan fingerprint density at radius 1 is 1.08 bits per heavy atom. The fourth-order valence-corrected chi connectivity index (χ4v) is 0.423. The van der Waals surface area contributed by atoms with Gasteiger partial charge >= 0.3 is 17.9 Å². The molecule has 0 aromatic rings. The summed E-state index contributed by atoms with van der Waals surface area (Å²) in [5.41, 5.74) is 0. The second-order valence-electron chi connectivity index (χ2n) is 2.30. The summed E-state index contributed by atoms with van der Waals surface area (Å²) in [5, 5.41) is 16.0. The minimum atomic E-state index is -6.00. The van der Waals surface area contributed by atoms with Gasteiger partial charge in [-0.3, -0.25) is 4.79 Å². The third kappa shape index (κ3) is 1.78. The molecule has 0 rings (SSSR count). The summed E-state index contributed by atoms with van der Waals surface area (Å²) in [5.74, 6) is -12.9. The molecule has 13 heavy (non-hydrogen) atoms. The quantitative estimate of drug-likeness (QED) is 0.511. The largest absolute Gasteiger partial charge is 0.450 e. The van der Waals surface area contributed by atoms with Gasteiger partial charge in [0.05, 0.1) is 0 Å². The van der Waals surface area contributed by atoms with E-state index in [0.29, 0.717) is 0 Å². The number of Topliss-reactive ketones (excluding diaryl/α,β-unsaturated/α-hetero) is 1. The van der Waals surface area contributed by atoms with Crippen molar-refractivity contribution in [2.45, 2.75) is 24.8 Å². The van der Waals surface area contributed by atoms with Crippen LogP contribution in [0, 0.1) is 0 Å². The fourth-order valence-electron chi connectivity index (χ4n) is 0.423. The Bertz CT molecular complexity index is 219. The molecule has 0 saturated carbocycles. The number of alkyl halides is 5. The molecular formula is C5H5F5O3. The Balaban J connectivity index is 5.16. The van der Waals surface area contributed by atoms with E-state index in [4.69, 9.17) is 10.2 Å². The Kier molecular flexibility index (Phi) is 2.71. The van der Waals surface area contributed by atoms with Gasteiger partial charge in [-0.05, 0) is 0 Å². The van der Waals surface area contributed by atoms with Crippen molar-refractivity contribution in [2.75, 3.05) is 0 Å². The maximum absolute atomic E-state index is 12.3. The summed E-state index contributed by atoms with van der Waals surface area (Å²) in [6.45, 7) is 0.118. The van der Waals surface area contributed by atoms with Crippen molar-refractivity contribution in [3.63, 3.8) is 0 Å². The van der Waals surface area contributed by atoms with E-state index in [-0.39, 0.29) is 6.92 Å². The number of rotatable bonds is 2. The van der Waals surface area contributed by atoms with Crippen LogP contribution in [0.15, 0.2) is 0 Å². The SMILES string of the molecule is CC(=O)C(F)(F)C(O)(O)C(F)(F)F. The number of carbonyl (C=O) groups is 1. The molecule has 0 fully saturated rings. The van der Waals surface area contributed by atoms with Gasteiger partial charge in [0.1, 0.15) is 0 Å². The standard InChI is InChI=1S/C5H5F5O3/c1-2(11)3(6,7)4(12,13)5(8,9)10/h12-13H,1H3. The number of hydrogen-bond acceptors (Lipinski definition) is 3. The van der Waals surface area contributed by atoms with E-state index in [9.17, 15) is 26.7 Å². The second-order valence-corrected chi connectivity index (χ2v) is 2.30. The first-order chi connectivity index (χ1) is 5.44. The molecule has 0 aliphatic heterocycles. The van der Waals surface area contributed by atoms with Crippen molar-refractivity contribution in [1.29, 1.82) is 0 Å². The predicted molar refractivity (Wildman–Crippen MR) is 28.9 cm³/mol. The molecule has 8 heteroatoms. The Labute approximate surface area is 68.8 Å². The minimum absolute atomic E-state index is 0.118. The number of halogens is 5. The Hall–Kier alpha value is -0.760. The monoisotopic (exact) mass is 208 g/mol. The molecule has 0 unspecified atom stereocenters. The average molecular weight is 208 g/mol. The van der Waals surface area contributed by atoms with Gasteiger partial charge in [0.2, 0.25) is 5.78 Å². The highest BCUT2D eigenvalue weighted by Crippen LogP contribution is 2.40. The van der Waals surface area contributed by atoms with Crippen LogP contribution in [0.3, 0.4) is 0 Å². The van der Waals surface area contributed by atoms with E-state index in [0.717, 1.165) is 0 Å². The molecular weight excluding hydrogens is 203 g/mol. The van der Waals surface area contributed by atoms with Gasteiger partial charge in [0.25, 0.3) is 0 Å². The predicted octanol–water partition coefficient (Wildman–Crippen LogP) is 0.454. The first kappa shape index (κ1) is 12.2. The summed E-state index contributed by atoms with van der Waals surface area (Å²) < 4.78 is 59.2. The third-order valence-corrected chi connectivity index (χ3v) is 1.28. The molecule has 0 aliphatic carbocycles. The van der Waals surface area contributed by atoms with Crippen LogP contribution in [0.5, 0.6) is 0 Å². The number of hydrogen-bond donors (Lipinski definition) is 2. The number of carbonyl (C=O) groups excluding carboxylic acids is 1. The smallest absolute Gasteiger partial charge is 0.354 e. The molecule has 78 valence electrons. The van der Waals surface area contributed by atoms with Crippen molar-refractivity contribution in [3.8, 4) is 0 Å². The first-order valence-electron chi connectivity index (χ1n) is 2.85. The van der Waals surface area contributed by atoms with Crippen molar-refractivity contribution >= 4 is 5.78 Å². The van der Waals surface area contributed by atoms with Crippen LogP contribution in [-0.4, -0.2) is 33.9 Å². The zero-order valence-electron chi connectivity index (χ0n) is 6.19. The van der Waals surface area contributed by atoms with Crippen LogP contribution >= 0.6 is 0 Å². The summed E-state index contributed by atoms with van der Waals surface area (Å²) in [6.07, 6.45) is -6.00. The zero-order valence-corrected chi connectivity index (χ0v) is 6.19. The van der Waals surface area contributed by atoms with E-state index in [1.54, 1.807) is 0 Å². The van der Waals surface area contributed by atoms with E-state index in [1.807, 2.05) is 0 Å². The molecule has 0 radical (unpaired) electrons. The molecule has 0 amide bonds. The lowest BCUT2D eigenvalue weighted by Gasteiger charge is -2.30. The van der Waals surface area contributed by atoms with Crippen molar-refractivity contribution in [3.05, 3.63) is 0 Å². The second kappa shape index (κ2) is 2.88. The van der Waals surface area contributed by atoms with Gasteiger partial charge in [-0.2, -0.15) is 22.0 Å². The number of ketones is 1. The molecule has 0 heterocycles. The maximum atomic E-state index is 12.3. The van der Waals surface area contributed by atoms with Crippen LogP contribution in [0.1, 0.15) is 6.92 Å². The highest BCUT2D eigenvalue weighted by Gasteiger charge is 2.71. The molecule has 0 spiro atoms. The van der Waals surface area contributed by atoms with Crippen molar-refractivity contribution in [1.82, 2.24) is 0 Å². The highest BCUT2D eigenvalue weighted by atomic mass is 19.4. The minimum Gasteiger partial charge on any atom is -0.354 e. The van der Waals surface area contributed by atoms with Crippen LogP contribution in [0.25, 0.3) is 0 Å². The van der Waals surface area contributed by atoms with Crippen LogP contribution in [0.4, 0.5) is 22.0 Å². The molecule has 0 bridgehead atoms. The normalized spacial score (nSPS) is 14.5. The summed E-state index contributed by atoms with van der Waals surface area (Å²) in [6, 6.07) is 0. The fraction of sp³-hybridized carbons (Fsp3) is 0.800. The summed E-state index contributed by atoms with van der Waals surface area (Å²) in [7, 11) is 0.